The second kappa shape index (κ2) is 14.2. The van der Waals surface area contributed by atoms with Crippen LogP contribution in [0.3, 0.4) is 0 Å². The van der Waals surface area contributed by atoms with E-state index in [0.717, 1.165) is 38.5 Å². The fraction of sp³-hybridized carbons (Fsp3) is 0.880. The zero-order chi connectivity index (χ0) is 20.8. The van der Waals surface area contributed by atoms with Gasteiger partial charge in [0, 0.05) is 11.8 Å². The van der Waals surface area contributed by atoms with Gasteiger partial charge in [0.25, 0.3) is 0 Å². The van der Waals surface area contributed by atoms with Crippen molar-refractivity contribution in [3.8, 4) is 0 Å². The number of rotatable bonds is 15. The van der Waals surface area contributed by atoms with Crippen molar-refractivity contribution in [2.75, 3.05) is 6.54 Å². The van der Waals surface area contributed by atoms with Crippen molar-refractivity contribution < 1.29 is 9.85 Å². The van der Waals surface area contributed by atoms with Crippen molar-refractivity contribution in [2.45, 2.75) is 123 Å². The molecule has 3 nitrogen and oxygen atoms in total. The Labute approximate surface area is 174 Å². The zero-order valence-electron chi connectivity index (χ0n) is 19.2. The summed E-state index contributed by atoms with van der Waals surface area (Å²) in [6.07, 6.45) is 21.0. The lowest BCUT2D eigenvalue weighted by Gasteiger charge is -2.21. The highest BCUT2D eigenvalue weighted by Gasteiger charge is 2.18. The van der Waals surface area contributed by atoms with Crippen molar-refractivity contribution in [1.29, 1.82) is 0 Å². The normalized spacial score (nSPS) is 19.5. The molecule has 0 aromatic rings. The monoisotopic (exact) mass is 393 g/mol. The van der Waals surface area contributed by atoms with E-state index in [-0.39, 0.29) is 0 Å². The van der Waals surface area contributed by atoms with Gasteiger partial charge in [-0.1, -0.05) is 70.4 Å². The van der Waals surface area contributed by atoms with Crippen LogP contribution in [0.15, 0.2) is 11.6 Å². The molecule has 2 unspecified atom stereocenters. The Morgan fingerprint density at radius 2 is 1.86 bits per heavy atom. The summed E-state index contributed by atoms with van der Waals surface area (Å²) >= 11 is 0. The van der Waals surface area contributed by atoms with Crippen LogP contribution in [0.1, 0.15) is 118 Å². The molecule has 1 aliphatic carbocycles. The molecule has 0 radical (unpaired) electrons. The van der Waals surface area contributed by atoms with Gasteiger partial charge in [0.05, 0.1) is 5.60 Å². The van der Waals surface area contributed by atoms with E-state index in [0.29, 0.717) is 18.4 Å². The van der Waals surface area contributed by atoms with Crippen molar-refractivity contribution in [1.82, 2.24) is 0 Å². The van der Waals surface area contributed by atoms with Gasteiger partial charge in [-0.2, -0.15) is 0 Å². The Balaban J connectivity index is 2.18. The van der Waals surface area contributed by atoms with E-state index < -0.39 is 5.60 Å². The topological polar surface area (TPSA) is 46.3 Å². The summed E-state index contributed by atoms with van der Waals surface area (Å²) in [5.74, 6) is 0.891. The first-order chi connectivity index (χ1) is 13.3. The van der Waals surface area contributed by atoms with Crippen LogP contribution in [0.5, 0.6) is 0 Å². The van der Waals surface area contributed by atoms with Crippen molar-refractivity contribution in [2.24, 2.45) is 11.8 Å². The van der Waals surface area contributed by atoms with E-state index in [1.54, 1.807) is 0 Å². The molecule has 0 saturated heterocycles. The molecule has 2 atom stereocenters. The molecule has 0 fully saturated rings. The summed E-state index contributed by atoms with van der Waals surface area (Å²) in [6, 6.07) is 0. The molecule has 1 rings (SSSR count). The molecule has 0 saturated carbocycles. The van der Waals surface area contributed by atoms with Gasteiger partial charge >= 0.3 is 0 Å². The van der Waals surface area contributed by atoms with Crippen LogP contribution in [0.2, 0.25) is 0 Å². The van der Waals surface area contributed by atoms with E-state index in [9.17, 15) is 10.3 Å². The van der Waals surface area contributed by atoms with Gasteiger partial charge in [0.1, 0.15) is 0 Å². The average molecular weight is 394 g/mol. The molecular formula is C25H47NO2. The second-order valence-electron chi connectivity index (χ2n) is 9.83. The van der Waals surface area contributed by atoms with Gasteiger partial charge in [0.2, 0.25) is 0 Å². The van der Waals surface area contributed by atoms with Gasteiger partial charge in [0.15, 0.2) is 12.8 Å². The summed E-state index contributed by atoms with van der Waals surface area (Å²) in [7, 11) is 0. The fourth-order valence-corrected chi connectivity index (χ4v) is 4.16. The number of hydroxylamine groups is 1. The number of aliphatic hydroxyl groups is 1. The predicted octanol–water partition coefficient (Wildman–Crippen LogP) is 7.01. The Hall–Kier alpha value is -0.830. The van der Waals surface area contributed by atoms with E-state index in [2.05, 4.69) is 19.9 Å². The number of nitrogens with zero attached hydrogens (tertiary/aromatic N) is 1. The Morgan fingerprint density at radius 1 is 1.18 bits per heavy atom. The number of hydrogen-bond donors (Lipinski definition) is 1. The third kappa shape index (κ3) is 13.4. The maximum absolute atomic E-state index is 12.3. The molecule has 0 bridgehead atoms. The van der Waals surface area contributed by atoms with E-state index in [1.807, 2.05) is 20.1 Å². The lowest BCUT2D eigenvalue weighted by atomic mass is 9.87. The highest BCUT2D eigenvalue weighted by Crippen LogP contribution is 2.27. The highest BCUT2D eigenvalue weighted by atomic mass is 16.5. The molecular weight excluding hydrogens is 346 g/mol. The molecule has 0 amide bonds. The lowest BCUT2D eigenvalue weighted by Crippen LogP contribution is -2.20. The predicted molar refractivity (Wildman–Crippen MR) is 122 cm³/mol. The molecule has 1 N–H and O–H groups in total. The lowest BCUT2D eigenvalue weighted by molar-refractivity contribution is -0.463. The average Bonchev–Trinajstić information content (AvgIpc) is 2.61. The smallest absolute Gasteiger partial charge is 0.155 e. The molecule has 0 spiro atoms. The van der Waals surface area contributed by atoms with Crippen LogP contribution in [0, 0.1) is 17.0 Å². The molecule has 1 aliphatic rings. The third-order valence-electron chi connectivity index (χ3n) is 6.00. The van der Waals surface area contributed by atoms with Gasteiger partial charge in [-0.15, -0.1) is 0 Å². The van der Waals surface area contributed by atoms with Crippen molar-refractivity contribution in [3.05, 3.63) is 16.9 Å². The van der Waals surface area contributed by atoms with Crippen molar-refractivity contribution >= 4 is 6.21 Å². The van der Waals surface area contributed by atoms with Crippen molar-refractivity contribution in [3.63, 3.8) is 0 Å². The van der Waals surface area contributed by atoms with Gasteiger partial charge in [-0.05, 0) is 58.8 Å². The fourth-order valence-electron chi connectivity index (χ4n) is 4.16. The summed E-state index contributed by atoms with van der Waals surface area (Å²) < 4.78 is 1.21. The van der Waals surface area contributed by atoms with E-state index in [1.165, 1.54) is 61.7 Å². The number of unbranched alkanes of at least 4 members (excludes halogenated alkanes) is 6. The second-order valence-corrected chi connectivity index (χ2v) is 9.83. The number of allylic oxidation sites excluding steroid dienone is 2. The maximum Gasteiger partial charge on any atom is 0.155 e. The van der Waals surface area contributed by atoms with Crippen LogP contribution >= 0.6 is 0 Å². The first-order valence-corrected chi connectivity index (χ1v) is 12.0. The minimum atomic E-state index is -0.555. The van der Waals surface area contributed by atoms with Gasteiger partial charge in [-0.25, -0.2) is 4.74 Å². The van der Waals surface area contributed by atoms with Crippen LogP contribution in [0.4, 0.5) is 0 Å². The van der Waals surface area contributed by atoms with Crippen LogP contribution < -0.4 is 0 Å². The quantitative estimate of drug-likeness (QED) is 0.0812. The summed E-state index contributed by atoms with van der Waals surface area (Å²) in [5.41, 5.74) is 0.957. The first-order valence-electron chi connectivity index (χ1n) is 12.0. The highest BCUT2D eigenvalue weighted by molar-refractivity contribution is 5.56. The molecule has 3 heteroatoms. The zero-order valence-corrected chi connectivity index (χ0v) is 19.2. The van der Waals surface area contributed by atoms with Gasteiger partial charge in [-0.3, -0.25) is 0 Å². The Morgan fingerprint density at radius 3 is 2.46 bits per heavy atom. The largest absolute Gasteiger partial charge is 0.624 e. The molecule has 164 valence electrons. The molecule has 28 heavy (non-hydrogen) atoms. The SMILES string of the molecule is CCCCCCCCCC(C)C/[N+]([O-])=C/C1CC=C(CCCC(C)(C)O)CC1. The summed E-state index contributed by atoms with van der Waals surface area (Å²) in [4.78, 5) is 0. The van der Waals surface area contributed by atoms with Crippen LogP contribution in [-0.4, -0.2) is 28.2 Å². The molecule has 0 aliphatic heterocycles. The molecule has 0 aromatic carbocycles. The molecule has 0 aromatic heterocycles. The van der Waals surface area contributed by atoms with E-state index in [4.69, 9.17) is 0 Å². The Bertz CT molecular complexity index is 462. The summed E-state index contributed by atoms with van der Waals surface area (Å²) in [5, 5.41) is 22.1. The number of hydrogen-bond acceptors (Lipinski definition) is 2. The van der Waals surface area contributed by atoms with Crippen LogP contribution in [0.25, 0.3) is 0 Å². The van der Waals surface area contributed by atoms with Gasteiger partial charge < -0.3 is 10.3 Å². The van der Waals surface area contributed by atoms with Crippen LogP contribution in [-0.2, 0) is 0 Å². The first kappa shape index (κ1) is 25.2. The molecule has 0 heterocycles. The standard InChI is InChI=1S/C25H47NO2/c1-5-6-7-8-9-10-11-13-22(2)20-26(28)21-24-17-15-23(16-18-24)14-12-19-25(3,4)27/h15,21-22,24,27H,5-14,16-20H2,1-4H3/b26-21-. The third-order valence-corrected chi connectivity index (χ3v) is 6.00. The summed E-state index contributed by atoms with van der Waals surface area (Å²) in [6.45, 7) is 8.89. The maximum atomic E-state index is 12.3. The Kier molecular flexibility index (Phi) is 12.8. The minimum absolute atomic E-state index is 0.404. The van der Waals surface area contributed by atoms with E-state index >= 15 is 0 Å². The minimum Gasteiger partial charge on any atom is -0.624 e.